The third-order valence-electron chi connectivity index (χ3n) is 0.221. The minimum atomic E-state index is 0. The Labute approximate surface area is 78.8 Å². The second-order valence-electron chi connectivity index (χ2n) is 0.626. The molecule has 0 rings (SSSR count). The second-order valence-corrected chi connectivity index (χ2v) is 0.894. The van der Waals surface area contributed by atoms with Gasteiger partial charge in [0, 0.05) is 6.54 Å². The number of rotatable bonds is 2. The molecule has 0 saturated carbocycles. The topological polar surface area (TPSA) is 12.0 Å². The molecule has 4 heteroatoms. The van der Waals surface area contributed by atoms with E-state index in [0.29, 0.717) is 6.54 Å². The van der Waals surface area contributed by atoms with E-state index in [1.54, 1.807) is 6.08 Å². The summed E-state index contributed by atoms with van der Waals surface area (Å²) in [4.78, 5) is 2.37. The van der Waals surface area contributed by atoms with Crippen LogP contribution in [0.2, 0.25) is 0 Å². The van der Waals surface area contributed by atoms with E-state index in [9.17, 15) is 0 Å². The van der Waals surface area contributed by atoms with E-state index >= 15 is 0 Å². The monoisotopic (exact) mass is 151 g/mol. The minimum Gasteiger partial charge on any atom is -1.00 e. The maximum atomic E-state index is 4.98. The van der Waals surface area contributed by atoms with Gasteiger partial charge in [0.1, 0.15) is 0 Å². The Morgan fingerprint density at radius 1 is 1.86 bits per heavy atom. The quantitative estimate of drug-likeness (QED) is 0.287. The first-order chi connectivity index (χ1) is 2.41. The first-order valence-corrected chi connectivity index (χ1v) is 1.74. The fourth-order valence-electron chi connectivity index (χ4n) is 0.0546. The molecule has 0 bridgehead atoms. The number of hydrogen-bond donors (Lipinski definition) is 1. The van der Waals surface area contributed by atoms with E-state index in [4.69, 9.17) is 11.8 Å². The van der Waals surface area contributed by atoms with E-state index < -0.39 is 0 Å². The largest absolute Gasteiger partial charge is 1.00 e. The second kappa shape index (κ2) is 15.7. The van der Waals surface area contributed by atoms with Crippen LogP contribution in [0.4, 0.5) is 0 Å². The third kappa shape index (κ3) is 18.9. The van der Waals surface area contributed by atoms with Gasteiger partial charge in [-0.15, -0.1) is 19.0 Å². The molecule has 40 valence electrons. The maximum absolute atomic E-state index is 4.98. The molecule has 0 fully saturated rings. The first kappa shape index (κ1) is 15.7. The summed E-state index contributed by atoms with van der Waals surface area (Å²) >= 11 is 4.98. The van der Waals surface area contributed by atoms with Crippen molar-refractivity contribution in [3.8, 4) is 0 Å². The van der Waals surface area contributed by atoms with Gasteiger partial charge in [0.15, 0.2) is 0 Å². The van der Waals surface area contributed by atoms with Gasteiger partial charge in [-0.1, -0.05) is 6.08 Å². The summed E-state index contributed by atoms with van der Waals surface area (Å²) in [5.74, 6) is 0. The van der Waals surface area contributed by atoms with Gasteiger partial charge in [0.25, 0.3) is 0 Å². The Morgan fingerprint density at radius 3 is 2.29 bits per heavy atom. The van der Waals surface area contributed by atoms with Crippen LogP contribution in [0, 0.1) is 0 Å². The number of halogens is 2. The molecule has 0 aromatic rings. The van der Waals surface area contributed by atoms with Gasteiger partial charge < -0.3 is 1.43 Å². The molecule has 7 heavy (non-hydrogen) atoms. The predicted molar refractivity (Wildman–Crippen MR) is 32.4 cm³/mol. The van der Waals surface area contributed by atoms with Crippen LogP contribution in [0.1, 0.15) is 1.43 Å². The summed E-state index contributed by atoms with van der Waals surface area (Å²) in [5, 5.41) is 0. The molecule has 0 saturated heterocycles. The minimum absolute atomic E-state index is 0. The summed E-state index contributed by atoms with van der Waals surface area (Å²) in [6.07, 6.45) is 1.69. The zero-order valence-electron chi connectivity index (χ0n) is 5.28. The smallest absolute Gasteiger partial charge is 1.00 e. The van der Waals surface area contributed by atoms with Gasteiger partial charge in [-0.25, -0.2) is 4.84 Å². The molecule has 0 aliphatic carbocycles. The molecule has 1 N–H and O–H groups in total. The Bertz CT molecular complexity index is 38.5. The molecule has 0 amide bonds. The summed E-state index contributed by atoms with van der Waals surface area (Å²) in [6.45, 7) is 4.07. The first-order valence-electron chi connectivity index (χ1n) is 1.36. The molecule has 0 unspecified atom stereocenters. The fourth-order valence-corrected chi connectivity index (χ4v) is 0.164. The van der Waals surface area contributed by atoms with Crippen molar-refractivity contribution in [1.29, 1.82) is 0 Å². The zero-order chi connectivity index (χ0) is 4.12. The van der Waals surface area contributed by atoms with Crippen LogP contribution in [0.3, 0.4) is 0 Å². The normalized spacial score (nSPS) is 5.29. The van der Waals surface area contributed by atoms with Gasteiger partial charge in [0.2, 0.25) is 0 Å². The fraction of sp³-hybridized carbons (Fsp3) is 0.333. The van der Waals surface area contributed by atoms with Gasteiger partial charge in [0.05, 0.1) is 0 Å². The van der Waals surface area contributed by atoms with Gasteiger partial charge in [-0.05, 0) is 11.8 Å². The van der Waals surface area contributed by atoms with E-state index in [0.717, 1.165) is 0 Å². The van der Waals surface area contributed by atoms with Crippen molar-refractivity contribution in [3.63, 3.8) is 0 Å². The molecule has 0 aromatic carbocycles. The van der Waals surface area contributed by atoms with E-state index in [-0.39, 0.29) is 43.4 Å². The third-order valence-corrected chi connectivity index (χ3v) is 0.376. The van der Waals surface area contributed by atoms with Crippen LogP contribution in [0.15, 0.2) is 12.7 Å². The average molecular weight is 152 g/mol. The number of hydrogen-bond acceptors (Lipinski definition) is 1. The molecule has 0 aromatic heterocycles. The summed E-state index contributed by atoms with van der Waals surface area (Å²) in [5.41, 5.74) is 0. The molecule has 0 atom stereocenters. The van der Waals surface area contributed by atoms with Crippen LogP contribution in [-0.2, 0) is 0 Å². The van der Waals surface area contributed by atoms with E-state index in [1.807, 2.05) is 0 Å². The Morgan fingerprint density at radius 2 is 2.29 bits per heavy atom. The predicted octanol–water partition coefficient (Wildman–Crippen LogP) is -1.55. The standard InChI is InChI=1S/C3H6ClN.ClH.Na.H/c1-2-3-5-4;;;/h2,5H,1,3H2;1H;;/q;;+1;-1. The van der Waals surface area contributed by atoms with Crippen LogP contribution >= 0.6 is 24.2 Å². The summed E-state index contributed by atoms with van der Waals surface area (Å²) in [7, 11) is 0. The average Bonchev–Trinajstić information content (AvgIpc) is 1.41. The van der Waals surface area contributed by atoms with Gasteiger partial charge in [-0.3, -0.25) is 0 Å². The van der Waals surface area contributed by atoms with Gasteiger partial charge >= 0.3 is 29.6 Å². The molecule has 0 spiro atoms. The van der Waals surface area contributed by atoms with E-state index in [1.165, 1.54) is 0 Å². The van der Waals surface area contributed by atoms with Crippen molar-refractivity contribution in [2.24, 2.45) is 0 Å². The summed E-state index contributed by atoms with van der Waals surface area (Å²) < 4.78 is 0. The van der Waals surface area contributed by atoms with Crippen LogP contribution in [0.25, 0.3) is 0 Å². The van der Waals surface area contributed by atoms with Crippen LogP contribution in [-0.4, -0.2) is 6.54 Å². The molecule has 0 aliphatic rings. The zero-order valence-corrected chi connectivity index (χ0v) is 7.85. The maximum Gasteiger partial charge on any atom is 1.00 e. The molecule has 0 radical (unpaired) electrons. The molecule has 1 nitrogen and oxygen atoms in total. The van der Waals surface area contributed by atoms with Crippen molar-refractivity contribution in [2.75, 3.05) is 6.54 Å². The molecular weight excluding hydrogens is 144 g/mol. The molecular formula is C3H8Cl2NNa. The van der Waals surface area contributed by atoms with Gasteiger partial charge in [-0.2, -0.15) is 0 Å². The molecule has 0 aliphatic heterocycles. The van der Waals surface area contributed by atoms with Crippen molar-refractivity contribution >= 4 is 24.2 Å². The summed E-state index contributed by atoms with van der Waals surface area (Å²) in [6, 6.07) is 0. The number of nitrogens with one attached hydrogen (secondary N) is 1. The Hall–Kier alpha value is 1.28. The van der Waals surface area contributed by atoms with Crippen LogP contribution in [0.5, 0.6) is 0 Å². The van der Waals surface area contributed by atoms with E-state index in [2.05, 4.69) is 11.4 Å². The van der Waals surface area contributed by atoms with Crippen molar-refractivity contribution < 1.29 is 31.0 Å². The Kier molecular flexibility index (Phi) is 35.2. The SMILES string of the molecule is C=CCNCl.Cl.[H-].[Na+]. The van der Waals surface area contributed by atoms with Crippen LogP contribution < -0.4 is 34.4 Å². The van der Waals surface area contributed by atoms with Crippen molar-refractivity contribution in [1.82, 2.24) is 4.84 Å². The molecule has 0 heterocycles. The van der Waals surface area contributed by atoms with Crippen molar-refractivity contribution in [3.05, 3.63) is 12.7 Å². The van der Waals surface area contributed by atoms with Crippen molar-refractivity contribution in [2.45, 2.75) is 0 Å². The Balaban J connectivity index is -0.0000000267.